The lowest BCUT2D eigenvalue weighted by Crippen LogP contribution is -2.11. The molecule has 10 nitrogen and oxygen atoms in total. The summed E-state index contributed by atoms with van der Waals surface area (Å²) in [5.74, 6) is 2.67. The highest BCUT2D eigenvalue weighted by atomic mass is 16.6. The standard InChI is InChI=1S/C56H72O10/c57-55(41-25-29-45(30-26-41)59-33-15-11-7-3-1-5-9-13-19-43(53-39-63-53)35-47-37-61-47)65-51-23-17-22-50-49(51)21-18-24-52(50)66-56(58)42-27-31-46(32-28-42)60-34-16-12-8-4-2-6-10-14-20-44(54-40-64-54)36-48-38-62-48/h17-18,21-32,43-44,47-48,53-54H,1-16,19-20,33-40H2. The van der Waals surface area contributed by atoms with E-state index in [-0.39, 0.29) is 0 Å². The third kappa shape index (κ3) is 16.4. The number of hydrogen-bond donors (Lipinski definition) is 0. The van der Waals surface area contributed by atoms with Crippen LogP contribution in [0.2, 0.25) is 0 Å². The number of fused-ring (bicyclic) bond motifs is 1. The molecule has 10 heteroatoms. The fraction of sp³-hybridized carbons (Fsp3) is 0.571. The van der Waals surface area contributed by atoms with Crippen LogP contribution in [0.25, 0.3) is 10.8 Å². The van der Waals surface area contributed by atoms with Crippen molar-refractivity contribution in [1.29, 1.82) is 0 Å². The van der Waals surface area contributed by atoms with Gasteiger partial charge in [-0.15, -0.1) is 0 Å². The summed E-state index contributed by atoms with van der Waals surface area (Å²) in [6, 6.07) is 24.9. The van der Waals surface area contributed by atoms with Gasteiger partial charge in [-0.1, -0.05) is 114 Å². The molecule has 6 unspecified atom stereocenters. The summed E-state index contributed by atoms with van der Waals surface area (Å²) in [7, 11) is 0. The Kier molecular flexibility index (Phi) is 18.6. The molecule has 0 aliphatic carbocycles. The molecule has 0 amide bonds. The van der Waals surface area contributed by atoms with E-state index >= 15 is 0 Å². The molecule has 8 rings (SSSR count). The Morgan fingerprint density at radius 3 is 1.14 bits per heavy atom. The number of hydrogen-bond acceptors (Lipinski definition) is 10. The summed E-state index contributed by atoms with van der Waals surface area (Å²) in [6.07, 6.45) is 26.7. The molecule has 4 aliphatic heterocycles. The first-order valence-corrected chi connectivity index (χ1v) is 25.4. The Bertz CT molecular complexity index is 1920. The van der Waals surface area contributed by atoms with Crippen LogP contribution >= 0.6 is 0 Å². The van der Waals surface area contributed by atoms with Gasteiger partial charge >= 0.3 is 11.9 Å². The third-order valence-electron chi connectivity index (χ3n) is 13.6. The molecular weight excluding hydrogens is 833 g/mol. The minimum absolute atomic E-state index is 0.382. The van der Waals surface area contributed by atoms with E-state index in [2.05, 4.69) is 0 Å². The van der Waals surface area contributed by atoms with Gasteiger partial charge < -0.3 is 37.9 Å². The smallest absolute Gasteiger partial charge is 0.343 e. The molecule has 4 fully saturated rings. The van der Waals surface area contributed by atoms with Crippen molar-refractivity contribution in [3.8, 4) is 23.0 Å². The van der Waals surface area contributed by atoms with Gasteiger partial charge in [0, 0.05) is 10.8 Å². The van der Waals surface area contributed by atoms with Crippen molar-refractivity contribution in [2.24, 2.45) is 11.8 Å². The van der Waals surface area contributed by atoms with Crippen LogP contribution in [-0.4, -0.2) is 76.0 Å². The summed E-state index contributed by atoms with van der Waals surface area (Å²) in [6.45, 7) is 5.09. The number of carbonyl (C=O) groups excluding carboxylic acids is 2. The summed E-state index contributed by atoms with van der Waals surface area (Å²) in [4.78, 5) is 26.5. The molecule has 0 radical (unpaired) electrons. The zero-order valence-corrected chi connectivity index (χ0v) is 39.0. The maximum Gasteiger partial charge on any atom is 0.343 e. The highest BCUT2D eigenvalue weighted by Crippen LogP contribution is 2.36. The van der Waals surface area contributed by atoms with Gasteiger partial charge in [0.25, 0.3) is 0 Å². The second-order valence-corrected chi connectivity index (χ2v) is 19.0. The van der Waals surface area contributed by atoms with Crippen molar-refractivity contribution in [3.05, 3.63) is 96.1 Å². The minimum atomic E-state index is -0.478. The Balaban J connectivity index is 0.672. The van der Waals surface area contributed by atoms with Gasteiger partial charge in [-0.2, -0.15) is 0 Å². The van der Waals surface area contributed by atoms with E-state index in [1.807, 2.05) is 36.4 Å². The molecule has 4 heterocycles. The van der Waals surface area contributed by atoms with Gasteiger partial charge in [0.05, 0.1) is 75.2 Å². The quantitative estimate of drug-likeness (QED) is 0.0194. The van der Waals surface area contributed by atoms with Crippen LogP contribution in [0, 0.1) is 11.8 Å². The Morgan fingerprint density at radius 1 is 0.439 bits per heavy atom. The van der Waals surface area contributed by atoms with Crippen LogP contribution in [0.4, 0.5) is 0 Å². The summed E-state index contributed by atoms with van der Waals surface area (Å²) < 4.78 is 45.7. The minimum Gasteiger partial charge on any atom is -0.494 e. The van der Waals surface area contributed by atoms with E-state index in [1.54, 1.807) is 48.5 Å². The van der Waals surface area contributed by atoms with Gasteiger partial charge in [0.15, 0.2) is 0 Å². The number of unbranched alkanes of at least 4 members (excludes halogenated alkanes) is 14. The predicted octanol–water partition coefficient (Wildman–Crippen LogP) is 12.7. The van der Waals surface area contributed by atoms with Gasteiger partial charge in [-0.25, -0.2) is 9.59 Å². The lowest BCUT2D eigenvalue weighted by atomic mass is 9.93. The lowest BCUT2D eigenvalue weighted by Gasteiger charge is -2.12. The first kappa shape index (κ1) is 48.0. The van der Waals surface area contributed by atoms with Crippen molar-refractivity contribution in [2.45, 2.75) is 153 Å². The van der Waals surface area contributed by atoms with Crippen molar-refractivity contribution in [3.63, 3.8) is 0 Å². The molecule has 0 bridgehead atoms. The molecule has 356 valence electrons. The summed E-state index contributed by atoms with van der Waals surface area (Å²) in [5.41, 5.74) is 0.840. The Labute approximate surface area is 392 Å². The summed E-state index contributed by atoms with van der Waals surface area (Å²) >= 11 is 0. The van der Waals surface area contributed by atoms with Crippen molar-refractivity contribution < 1.29 is 47.5 Å². The van der Waals surface area contributed by atoms with Gasteiger partial charge in [-0.3, -0.25) is 0 Å². The molecular formula is C56H72O10. The fourth-order valence-corrected chi connectivity index (χ4v) is 9.29. The van der Waals surface area contributed by atoms with Crippen molar-refractivity contribution in [2.75, 3.05) is 39.6 Å². The molecule has 4 aromatic carbocycles. The number of ether oxygens (including phenoxy) is 8. The third-order valence-corrected chi connectivity index (χ3v) is 13.6. The normalized spacial score (nSPS) is 20.1. The highest BCUT2D eigenvalue weighted by Gasteiger charge is 2.38. The number of esters is 2. The topological polar surface area (TPSA) is 121 Å². The average Bonchev–Trinajstić information content (AvgIpc) is 4.12. The number of benzene rings is 4. The second-order valence-electron chi connectivity index (χ2n) is 19.0. The van der Waals surface area contributed by atoms with E-state index in [0.29, 0.717) is 82.9 Å². The fourth-order valence-electron chi connectivity index (χ4n) is 9.29. The zero-order valence-electron chi connectivity index (χ0n) is 39.0. The largest absolute Gasteiger partial charge is 0.494 e. The van der Waals surface area contributed by atoms with Crippen LogP contribution in [0.3, 0.4) is 0 Å². The molecule has 66 heavy (non-hydrogen) atoms. The van der Waals surface area contributed by atoms with Crippen LogP contribution in [-0.2, 0) is 18.9 Å². The molecule has 4 aliphatic rings. The summed E-state index contributed by atoms with van der Waals surface area (Å²) in [5, 5.41) is 1.33. The monoisotopic (exact) mass is 905 g/mol. The SMILES string of the molecule is O=C(Oc1cccc2c(OC(=O)c3ccc(OCCCCCCCCCCC(CC4CO4)C4CO4)cc3)cccc12)c1ccc(OCCCCCCCCCCC(CC2CO2)C2CO2)cc1. The van der Waals surface area contributed by atoms with Gasteiger partial charge in [0.1, 0.15) is 23.0 Å². The van der Waals surface area contributed by atoms with Crippen LogP contribution in [0.1, 0.15) is 149 Å². The second kappa shape index (κ2) is 25.6. The average molecular weight is 905 g/mol. The van der Waals surface area contributed by atoms with E-state index in [4.69, 9.17) is 37.9 Å². The molecule has 0 N–H and O–H groups in total. The molecule has 4 aromatic rings. The predicted molar refractivity (Wildman–Crippen MR) is 256 cm³/mol. The molecule has 6 atom stereocenters. The Morgan fingerprint density at radius 2 is 0.788 bits per heavy atom. The number of rotatable bonds is 34. The number of carbonyl (C=O) groups is 2. The van der Waals surface area contributed by atoms with Crippen molar-refractivity contribution in [1.82, 2.24) is 0 Å². The maximum absolute atomic E-state index is 13.2. The molecule has 0 aromatic heterocycles. The lowest BCUT2D eigenvalue weighted by molar-refractivity contribution is 0.0725. The van der Waals surface area contributed by atoms with Gasteiger partial charge in [-0.05, 0) is 111 Å². The van der Waals surface area contributed by atoms with Gasteiger partial charge in [0.2, 0.25) is 0 Å². The van der Waals surface area contributed by atoms with E-state index < -0.39 is 11.9 Å². The Hall–Kier alpha value is -4.48. The van der Waals surface area contributed by atoms with E-state index in [0.717, 1.165) is 63.6 Å². The highest BCUT2D eigenvalue weighted by molar-refractivity contribution is 5.99. The van der Waals surface area contributed by atoms with Crippen molar-refractivity contribution >= 4 is 22.7 Å². The first-order chi connectivity index (χ1) is 32.6. The first-order valence-electron chi connectivity index (χ1n) is 25.4. The molecule has 0 saturated carbocycles. The maximum atomic E-state index is 13.2. The molecule has 0 spiro atoms. The number of epoxide rings is 4. The van der Waals surface area contributed by atoms with Crippen LogP contribution in [0.5, 0.6) is 23.0 Å². The van der Waals surface area contributed by atoms with E-state index in [9.17, 15) is 9.59 Å². The molecule has 4 saturated heterocycles. The van der Waals surface area contributed by atoms with Crippen LogP contribution in [0.15, 0.2) is 84.9 Å². The van der Waals surface area contributed by atoms with Crippen LogP contribution < -0.4 is 18.9 Å². The van der Waals surface area contributed by atoms with E-state index in [1.165, 1.54) is 103 Å². The zero-order chi connectivity index (χ0) is 45.2.